The van der Waals surface area contributed by atoms with Crippen molar-refractivity contribution in [1.82, 2.24) is 4.57 Å². The Kier molecular flexibility index (Phi) is 7.32. The lowest BCUT2D eigenvalue weighted by atomic mass is 10.1. The molecule has 1 heterocycles. The number of aromatic nitrogens is 1. The molecular formula is C27H28N2O5. The Morgan fingerprint density at radius 2 is 1.53 bits per heavy atom. The molecule has 0 aliphatic heterocycles. The van der Waals surface area contributed by atoms with E-state index in [0.29, 0.717) is 13.2 Å². The van der Waals surface area contributed by atoms with Gasteiger partial charge in [-0.25, -0.2) is 0 Å². The maximum atomic E-state index is 11.4. The first-order valence-corrected chi connectivity index (χ1v) is 11.4. The van der Waals surface area contributed by atoms with Gasteiger partial charge < -0.3 is 24.5 Å². The molecule has 176 valence electrons. The first-order chi connectivity index (χ1) is 16.5. The Hall–Kier alpha value is -4.00. The van der Waals surface area contributed by atoms with Gasteiger partial charge in [-0.2, -0.15) is 0 Å². The van der Waals surface area contributed by atoms with Gasteiger partial charge in [0.15, 0.2) is 0 Å². The van der Waals surface area contributed by atoms with Crippen molar-refractivity contribution in [3.05, 3.63) is 66.7 Å². The van der Waals surface area contributed by atoms with Crippen LogP contribution in [0.25, 0.3) is 21.8 Å². The van der Waals surface area contributed by atoms with Gasteiger partial charge in [0.2, 0.25) is 5.91 Å². The highest BCUT2D eigenvalue weighted by Gasteiger charge is 2.13. The molecule has 0 aliphatic carbocycles. The van der Waals surface area contributed by atoms with Crippen LogP contribution in [0.2, 0.25) is 0 Å². The van der Waals surface area contributed by atoms with Gasteiger partial charge in [-0.05, 0) is 49.6 Å². The van der Waals surface area contributed by atoms with E-state index in [4.69, 9.17) is 9.47 Å². The highest BCUT2D eigenvalue weighted by Crippen LogP contribution is 2.31. The van der Waals surface area contributed by atoms with E-state index in [2.05, 4.69) is 5.32 Å². The van der Waals surface area contributed by atoms with E-state index in [1.54, 1.807) is 0 Å². The number of rotatable bonds is 11. The van der Waals surface area contributed by atoms with Gasteiger partial charge in [0.25, 0.3) is 0 Å². The van der Waals surface area contributed by atoms with Crippen LogP contribution in [0.1, 0.15) is 26.2 Å². The van der Waals surface area contributed by atoms with Crippen LogP contribution in [0.5, 0.6) is 11.5 Å². The van der Waals surface area contributed by atoms with Crippen molar-refractivity contribution in [2.24, 2.45) is 0 Å². The molecule has 0 saturated heterocycles. The fourth-order valence-electron chi connectivity index (χ4n) is 4.05. The topological polar surface area (TPSA) is 89.8 Å². The van der Waals surface area contributed by atoms with Crippen molar-refractivity contribution in [3.8, 4) is 11.5 Å². The van der Waals surface area contributed by atoms with E-state index >= 15 is 0 Å². The lowest BCUT2D eigenvalue weighted by Gasteiger charge is -2.09. The van der Waals surface area contributed by atoms with Gasteiger partial charge in [0, 0.05) is 41.0 Å². The fraction of sp³-hybridized carbons (Fsp3) is 0.259. The smallest absolute Gasteiger partial charge is 0.323 e. The number of carboxylic acid groups (broad SMARTS) is 1. The largest absolute Gasteiger partial charge is 0.494 e. The fourth-order valence-corrected chi connectivity index (χ4v) is 4.05. The van der Waals surface area contributed by atoms with Crippen LogP contribution in [0.15, 0.2) is 66.7 Å². The first kappa shape index (κ1) is 23.2. The van der Waals surface area contributed by atoms with E-state index < -0.39 is 5.97 Å². The van der Waals surface area contributed by atoms with Crippen molar-refractivity contribution in [1.29, 1.82) is 0 Å². The molecule has 7 nitrogen and oxygen atoms in total. The molecule has 0 atom stereocenters. The summed E-state index contributed by atoms with van der Waals surface area (Å²) >= 11 is 0. The van der Waals surface area contributed by atoms with Gasteiger partial charge >= 0.3 is 5.97 Å². The molecule has 0 radical (unpaired) electrons. The number of hydrogen-bond donors (Lipinski definition) is 2. The van der Waals surface area contributed by atoms with Crippen molar-refractivity contribution < 1.29 is 24.2 Å². The van der Waals surface area contributed by atoms with Crippen molar-refractivity contribution in [3.63, 3.8) is 0 Å². The lowest BCUT2D eigenvalue weighted by molar-refractivity contribution is -0.137. The summed E-state index contributed by atoms with van der Waals surface area (Å²) in [7, 11) is 0. The number of fused-ring (bicyclic) bond motifs is 3. The summed E-state index contributed by atoms with van der Waals surface area (Å²) in [4.78, 5) is 22.6. The molecule has 7 heteroatoms. The second-order valence-electron chi connectivity index (χ2n) is 8.14. The third kappa shape index (κ3) is 5.67. The number of carbonyl (C=O) groups excluding carboxylic acids is 1. The number of nitrogens with one attached hydrogen (secondary N) is 1. The molecule has 2 N–H and O–H groups in total. The van der Waals surface area contributed by atoms with Crippen LogP contribution in [-0.4, -0.2) is 34.8 Å². The summed E-state index contributed by atoms with van der Waals surface area (Å²) < 4.78 is 13.5. The summed E-state index contributed by atoms with van der Waals surface area (Å²) in [5.41, 5.74) is 2.48. The average molecular weight is 461 g/mol. The summed E-state index contributed by atoms with van der Waals surface area (Å²) in [6.45, 7) is 2.54. The van der Waals surface area contributed by atoms with Gasteiger partial charge in [0.05, 0.1) is 18.7 Å². The highest BCUT2D eigenvalue weighted by atomic mass is 16.5. The van der Waals surface area contributed by atoms with E-state index in [0.717, 1.165) is 58.3 Å². The summed E-state index contributed by atoms with van der Waals surface area (Å²) in [5, 5.41) is 14.2. The van der Waals surface area contributed by atoms with E-state index in [-0.39, 0.29) is 12.5 Å². The van der Waals surface area contributed by atoms with Gasteiger partial charge in [-0.15, -0.1) is 0 Å². The molecule has 34 heavy (non-hydrogen) atoms. The van der Waals surface area contributed by atoms with Crippen LogP contribution in [0.4, 0.5) is 5.69 Å². The predicted octanol–water partition coefficient (Wildman–Crippen LogP) is 5.47. The van der Waals surface area contributed by atoms with Crippen LogP contribution in [-0.2, 0) is 16.1 Å². The number of nitrogens with zero attached hydrogens (tertiary/aromatic N) is 1. The Labute approximate surface area is 197 Å². The molecule has 0 aliphatic rings. The number of benzene rings is 3. The summed E-state index contributed by atoms with van der Waals surface area (Å²) in [6, 6.07) is 21.0. The molecular weight excluding hydrogens is 432 g/mol. The number of anilines is 1. The maximum absolute atomic E-state index is 11.4. The first-order valence-electron chi connectivity index (χ1n) is 11.4. The second kappa shape index (κ2) is 10.7. The number of amides is 1. The monoisotopic (exact) mass is 460 g/mol. The number of hydrogen-bond acceptors (Lipinski definition) is 4. The molecule has 4 aromatic rings. The third-order valence-electron chi connectivity index (χ3n) is 5.52. The molecule has 0 saturated carbocycles. The summed E-state index contributed by atoms with van der Waals surface area (Å²) in [6.07, 6.45) is 2.72. The van der Waals surface area contributed by atoms with Crippen molar-refractivity contribution in [2.45, 2.75) is 32.7 Å². The number of carboxylic acids is 1. The quantitative estimate of drug-likeness (QED) is 0.290. The Bertz CT molecular complexity index is 1310. The van der Waals surface area contributed by atoms with E-state index in [9.17, 15) is 14.7 Å². The molecule has 4 rings (SSSR count). The average Bonchev–Trinajstić information content (AvgIpc) is 3.11. The number of para-hydroxylation sites is 1. The molecule has 0 bridgehead atoms. The normalized spacial score (nSPS) is 11.0. The zero-order valence-corrected chi connectivity index (χ0v) is 19.1. The number of ether oxygens (including phenoxy) is 2. The number of aliphatic carboxylic acids is 1. The highest BCUT2D eigenvalue weighted by molar-refractivity contribution is 6.08. The zero-order chi connectivity index (χ0) is 23.9. The molecule has 1 amide bonds. The predicted molar refractivity (Wildman–Crippen MR) is 133 cm³/mol. The minimum atomic E-state index is -0.877. The van der Waals surface area contributed by atoms with Gasteiger partial charge in [0.1, 0.15) is 18.0 Å². The van der Waals surface area contributed by atoms with Gasteiger partial charge in [-0.3, -0.25) is 9.59 Å². The van der Waals surface area contributed by atoms with Crippen molar-refractivity contribution >= 4 is 39.4 Å². The summed E-state index contributed by atoms with van der Waals surface area (Å²) in [5.74, 6) is 0.471. The minimum Gasteiger partial charge on any atom is -0.494 e. The zero-order valence-electron chi connectivity index (χ0n) is 19.1. The minimum absolute atomic E-state index is 0.0960. The van der Waals surface area contributed by atoms with E-state index in [1.165, 1.54) is 6.92 Å². The third-order valence-corrected chi connectivity index (χ3v) is 5.52. The van der Waals surface area contributed by atoms with Crippen LogP contribution in [0, 0.1) is 0 Å². The number of unbranched alkanes of at least 4 members (excludes halogenated alkanes) is 2. The maximum Gasteiger partial charge on any atom is 0.323 e. The Balaban J connectivity index is 1.28. The van der Waals surface area contributed by atoms with Gasteiger partial charge in [-0.1, -0.05) is 24.3 Å². The Morgan fingerprint density at radius 3 is 2.26 bits per heavy atom. The molecule has 0 unspecified atom stereocenters. The molecule has 1 aromatic heterocycles. The standard InChI is InChI=1S/C27H28N2O5/c1-19(30)28-20-8-7-9-21(16-20)33-14-5-2-6-15-34-22-12-13-24-23-10-3-4-11-25(23)29(18-27(31)32)26(24)17-22/h3-4,7-13,16-17H,2,5-6,14-15,18H2,1H3,(H,28,30)(H,31,32). The molecule has 0 fully saturated rings. The lowest BCUT2D eigenvalue weighted by Crippen LogP contribution is -2.08. The second-order valence-corrected chi connectivity index (χ2v) is 8.14. The number of carbonyl (C=O) groups is 2. The Morgan fingerprint density at radius 1 is 0.824 bits per heavy atom. The van der Waals surface area contributed by atoms with Crippen LogP contribution in [0.3, 0.4) is 0 Å². The molecule has 3 aromatic carbocycles. The van der Waals surface area contributed by atoms with Crippen LogP contribution >= 0.6 is 0 Å². The SMILES string of the molecule is CC(=O)Nc1cccc(OCCCCCOc2ccc3c4ccccc4n(CC(=O)O)c3c2)c1. The van der Waals surface area contributed by atoms with Crippen LogP contribution < -0.4 is 14.8 Å². The van der Waals surface area contributed by atoms with Crippen molar-refractivity contribution in [2.75, 3.05) is 18.5 Å². The molecule has 0 spiro atoms. The van der Waals surface area contributed by atoms with E-state index in [1.807, 2.05) is 71.3 Å².